The number of aromatic nitrogens is 1. The van der Waals surface area contributed by atoms with Gasteiger partial charge in [0.15, 0.2) is 0 Å². The number of benzene rings is 1. The van der Waals surface area contributed by atoms with E-state index in [-0.39, 0.29) is 19.4 Å². The lowest BCUT2D eigenvalue weighted by Crippen LogP contribution is -2.60. The molecule has 2 saturated carbocycles. The molecule has 5 amide bonds. The smallest absolute Gasteiger partial charge is 0.412 e. The van der Waals surface area contributed by atoms with E-state index in [0.717, 1.165) is 5.56 Å². The van der Waals surface area contributed by atoms with Gasteiger partial charge in [-0.3, -0.25) is 24.4 Å². The van der Waals surface area contributed by atoms with Crippen molar-refractivity contribution in [2.45, 2.75) is 109 Å². The average Bonchev–Trinajstić information content (AvgIpc) is 3.91. The van der Waals surface area contributed by atoms with E-state index in [1.807, 2.05) is 48.1 Å². The summed E-state index contributed by atoms with van der Waals surface area (Å²) in [6, 6.07) is 6.78. The van der Waals surface area contributed by atoms with Crippen molar-refractivity contribution in [1.29, 1.82) is 0 Å². The topological polar surface area (TPSA) is 194 Å². The van der Waals surface area contributed by atoms with E-state index in [2.05, 4.69) is 27.3 Å². The zero-order chi connectivity index (χ0) is 39.1. The van der Waals surface area contributed by atoms with Crippen LogP contribution in [0.5, 0.6) is 0 Å². The molecule has 2 aliphatic carbocycles. The summed E-state index contributed by atoms with van der Waals surface area (Å²) < 4.78 is 40.5. The summed E-state index contributed by atoms with van der Waals surface area (Å²) in [7, 11) is -3.93. The number of likely N-dealkylation sites (tertiary alicyclic amines) is 1. The molecule has 0 radical (unpaired) electrons. The number of alkyl carbamates (subject to hydrolysis) is 1. The highest BCUT2D eigenvalue weighted by molar-refractivity contribution is 7.91. The Labute approximate surface area is 310 Å². The van der Waals surface area contributed by atoms with Crippen molar-refractivity contribution < 1.29 is 41.9 Å². The maximum absolute atomic E-state index is 14.4. The maximum Gasteiger partial charge on any atom is 0.412 e. The minimum Gasteiger partial charge on any atom is -0.444 e. The number of carbonyl (C=O) groups excluding carboxylic acids is 5. The van der Waals surface area contributed by atoms with Gasteiger partial charge < -0.3 is 29.6 Å². The van der Waals surface area contributed by atoms with E-state index >= 15 is 0 Å². The van der Waals surface area contributed by atoms with Crippen LogP contribution in [0.15, 0.2) is 55.4 Å². The minimum atomic E-state index is -3.93. The van der Waals surface area contributed by atoms with Crippen LogP contribution in [0.25, 0.3) is 5.69 Å². The van der Waals surface area contributed by atoms with Crippen molar-refractivity contribution in [1.82, 2.24) is 24.8 Å². The van der Waals surface area contributed by atoms with Gasteiger partial charge in [0.25, 0.3) is 5.91 Å². The summed E-state index contributed by atoms with van der Waals surface area (Å²) in [6.07, 6.45) is 3.30. The lowest BCUT2D eigenvalue weighted by molar-refractivity contribution is -0.143. The third-order valence-electron chi connectivity index (χ3n) is 9.42. The van der Waals surface area contributed by atoms with Gasteiger partial charge >= 0.3 is 12.2 Å². The normalized spacial score (nSPS) is 23.3. The maximum atomic E-state index is 14.4. The predicted molar refractivity (Wildman–Crippen MR) is 196 cm³/mol. The van der Waals surface area contributed by atoms with E-state index in [1.54, 1.807) is 47.6 Å². The van der Waals surface area contributed by atoms with Crippen LogP contribution in [0.4, 0.5) is 15.3 Å². The summed E-state index contributed by atoms with van der Waals surface area (Å²) in [6.45, 7) is 15.7. The molecule has 5 atom stereocenters. The van der Waals surface area contributed by atoms with Crippen LogP contribution in [-0.4, -0.2) is 88.9 Å². The Bertz CT molecular complexity index is 1880. The average molecular weight is 755 g/mol. The Hall–Kier alpha value is -4.86. The monoisotopic (exact) mass is 754 g/mol. The van der Waals surface area contributed by atoms with Gasteiger partial charge in [-0.2, -0.15) is 0 Å². The molecular weight excluding hydrogens is 705 g/mol. The molecule has 1 aromatic carbocycles. The highest BCUT2D eigenvalue weighted by Crippen LogP contribution is 2.45. The molecule has 1 saturated heterocycles. The predicted octanol–water partition coefficient (Wildman–Crippen LogP) is 3.91. The Morgan fingerprint density at radius 1 is 1.02 bits per heavy atom. The molecule has 3 fully saturated rings. The molecule has 4 N–H and O–H groups in total. The zero-order valence-electron chi connectivity index (χ0n) is 31.2. The van der Waals surface area contributed by atoms with Gasteiger partial charge in [-0.1, -0.05) is 32.9 Å². The first kappa shape index (κ1) is 39.3. The van der Waals surface area contributed by atoms with Gasteiger partial charge in [0.05, 0.1) is 23.2 Å². The number of nitrogens with one attached hydrogen (secondary N) is 4. The van der Waals surface area contributed by atoms with Gasteiger partial charge in [0.1, 0.15) is 29.3 Å². The molecular formula is C37H50N6O9S. The Morgan fingerprint density at radius 2 is 1.68 bits per heavy atom. The van der Waals surface area contributed by atoms with Gasteiger partial charge in [-0.15, -0.1) is 6.58 Å². The molecule has 0 bridgehead atoms. The quantitative estimate of drug-likeness (QED) is 0.246. The highest BCUT2D eigenvalue weighted by atomic mass is 32.2. The van der Waals surface area contributed by atoms with E-state index in [4.69, 9.17) is 9.47 Å². The van der Waals surface area contributed by atoms with Crippen molar-refractivity contribution in [2.75, 3.05) is 11.9 Å². The molecule has 53 heavy (non-hydrogen) atoms. The Morgan fingerprint density at radius 3 is 2.25 bits per heavy atom. The van der Waals surface area contributed by atoms with Crippen molar-refractivity contribution in [3.63, 3.8) is 0 Å². The van der Waals surface area contributed by atoms with E-state index < -0.39 is 85.8 Å². The van der Waals surface area contributed by atoms with Crippen molar-refractivity contribution >= 4 is 45.6 Å². The first-order valence-corrected chi connectivity index (χ1v) is 19.2. The summed E-state index contributed by atoms with van der Waals surface area (Å²) in [4.78, 5) is 69.5. The van der Waals surface area contributed by atoms with Crippen molar-refractivity contribution in [3.8, 4) is 5.69 Å². The zero-order valence-corrected chi connectivity index (χ0v) is 32.0. The van der Waals surface area contributed by atoms with Crippen LogP contribution in [0.3, 0.4) is 0 Å². The first-order valence-electron chi connectivity index (χ1n) is 17.7. The molecule has 2 aromatic rings. The van der Waals surface area contributed by atoms with E-state index in [0.29, 0.717) is 24.2 Å². The molecule has 5 unspecified atom stereocenters. The fourth-order valence-electron chi connectivity index (χ4n) is 6.40. The van der Waals surface area contributed by atoms with Crippen LogP contribution < -0.4 is 20.7 Å². The van der Waals surface area contributed by atoms with Gasteiger partial charge in [0, 0.05) is 24.7 Å². The Balaban J connectivity index is 1.40. The standard InChI is InChI=1S/C37H50N6O9S/c1-9-23-20-37(23,32(46)41-53(49,50)25-13-14-25)40-30(44)28-19-24(21-43(28)31(45)29(35(3,4)5)39-34(48)52-36(6,7)8)51-33(47)38-26-18-22(2)12-15-27(26)42-16-10-11-17-42/h9-12,15-18,23-25,28-29H,1,13-14,19-21H2,2-8H3,(H,38,47)(H,39,48)(H,40,44)(H,41,46). The lowest BCUT2D eigenvalue weighted by atomic mass is 9.85. The largest absolute Gasteiger partial charge is 0.444 e. The summed E-state index contributed by atoms with van der Waals surface area (Å²) in [5.41, 5.74) is -1.29. The first-order chi connectivity index (χ1) is 24.6. The summed E-state index contributed by atoms with van der Waals surface area (Å²) >= 11 is 0. The minimum absolute atomic E-state index is 0.0995. The molecule has 3 aliphatic rings. The van der Waals surface area contributed by atoms with Crippen molar-refractivity contribution in [3.05, 3.63) is 60.9 Å². The molecule has 2 heterocycles. The van der Waals surface area contributed by atoms with Crippen LogP contribution in [0, 0.1) is 18.3 Å². The summed E-state index contributed by atoms with van der Waals surface area (Å²) in [5.74, 6) is -2.85. The molecule has 1 aliphatic heterocycles. The molecule has 5 rings (SSSR count). The number of nitrogens with zero attached hydrogens (tertiary/aromatic N) is 2. The van der Waals surface area contributed by atoms with Crippen LogP contribution >= 0.6 is 0 Å². The Kier molecular flexibility index (Phi) is 10.8. The van der Waals surface area contributed by atoms with Crippen LogP contribution in [-0.2, 0) is 33.9 Å². The SMILES string of the molecule is C=CC1CC1(NC(=O)C1CC(OC(=O)Nc2cc(C)ccc2-n2cccc2)CN1C(=O)C(NC(=O)OC(C)(C)C)C(C)(C)C)C(=O)NS(=O)(=O)C1CC1. The molecule has 0 spiro atoms. The van der Waals surface area contributed by atoms with Crippen LogP contribution in [0.2, 0.25) is 0 Å². The number of aryl methyl sites for hydroxylation is 1. The number of hydrogen-bond donors (Lipinski definition) is 4. The fraction of sp³-hybridized carbons (Fsp3) is 0.541. The number of amides is 5. The number of ether oxygens (including phenoxy) is 2. The van der Waals surface area contributed by atoms with Gasteiger partial charge in [-0.05, 0) is 82.2 Å². The van der Waals surface area contributed by atoms with Gasteiger partial charge in [-0.25, -0.2) is 18.0 Å². The second-order valence-corrected chi connectivity index (χ2v) is 18.1. The number of anilines is 1. The summed E-state index contributed by atoms with van der Waals surface area (Å²) in [5, 5.41) is 7.48. The second-order valence-electron chi connectivity index (χ2n) is 16.1. The second kappa shape index (κ2) is 14.5. The molecule has 1 aromatic heterocycles. The van der Waals surface area contributed by atoms with E-state index in [1.165, 1.54) is 11.0 Å². The molecule has 15 nitrogen and oxygen atoms in total. The highest BCUT2D eigenvalue weighted by Gasteiger charge is 2.62. The van der Waals surface area contributed by atoms with Crippen LogP contribution in [0.1, 0.15) is 72.8 Å². The molecule has 288 valence electrons. The fourth-order valence-corrected chi connectivity index (χ4v) is 7.76. The van der Waals surface area contributed by atoms with Gasteiger partial charge in [0.2, 0.25) is 21.8 Å². The molecule has 16 heteroatoms. The number of rotatable bonds is 11. The third-order valence-corrected chi connectivity index (χ3v) is 11.2. The number of carbonyl (C=O) groups is 5. The lowest BCUT2D eigenvalue weighted by Gasteiger charge is -2.36. The van der Waals surface area contributed by atoms with E-state index in [9.17, 15) is 32.4 Å². The number of hydrogen-bond acceptors (Lipinski definition) is 9. The number of sulfonamides is 1. The van der Waals surface area contributed by atoms with Crippen molar-refractivity contribution in [2.24, 2.45) is 11.3 Å². The third kappa shape index (κ3) is 9.21.